The molecule has 18 heavy (non-hydrogen) atoms. The van der Waals surface area contributed by atoms with E-state index in [0.717, 1.165) is 6.07 Å². The molecule has 2 rings (SSSR count). The van der Waals surface area contributed by atoms with Crippen molar-refractivity contribution in [1.29, 1.82) is 0 Å². The number of carbonyl (C=O) groups is 1. The molecule has 0 saturated heterocycles. The second-order valence-electron chi connectivity index (χ2n) is 3.99. The molecule has 3 nitrogen and oxygen atoms in total. The van der Waals surface area contributed by atoms with Crippen molar-refractivity contribution in [2.45, 2.75) is 5.54 Å². The predicted molar refractivity (Wildman–Crippen MR) is 65.4 cm³/mol. The van der Waals surface area contributed by atoms with Crippen LogP contribution < -0.4 is 5.73 Å². The average molecular weight is 245 g/mol. The highest BCUT2D eigenvalue weighted by Gasteiger charge is 2.38. The van der Waals surface area contributed by atoms with Crippen LogP contribution in [0, 0.1) is 5.82 Å². The van der Waals surface area contributed by atoms with E-state index in [1.54, 1.807) is 30.3 Å². The van der Waals surface area contributed by atoms with E-state index in [1.165, 1.54) is 18.2 Å². The number of nitrogens with two attached hydrogens (primary N) is 1. The molecule has 1 atom stereocenters. The lowest BCUT2D eigenvalue weighted by molar-refractivity contribution is -0.142. The second-order valence-corrected chi connectivity index (χ2v) is 3.99. The molecular formula is C14H12FNO2. The van der Waals surface area contributed by atoms with Crippen LogP contribution in [0.2, 0.25) is 0 Å². The molecule has 0 aliphatic heterocycles. The van der Waals surface area contributed by atoms with Crippen molar-refractivity contribution in [2.75, 3.05) is 0 Å². The minimum absolute atomic E-state index is 0.209. The van der Waals surface area contributed by atoms with E-state index in [1.807, 2.05) is 0 Å². The highest BCUT2D eigenvalue weighted by Crippen LogP contribution is 2.27. The Hall–Kier alpha value is -2.20. The van der Waals surface area contributed by atoms with E-state index in [2.05, 4.69) is 0 Å². The normalized spacial score (nSPS) is 13.9. The molecule has 0 heterocycles. The maximum atomic E-state index is 13.2. The fourth-order valence-electron chi connectivity index (χ4n) is 1.85. The van der Waals surface area contributed by atoms with Gasteiger partial charge in [0.2, 0.25) is 0 Å². The summed E-state index contributed by atoms with van der Waals surface area (Å²) in [6.07, 6.45) is 0. The molecule has 0 amide bonds. The Morgan fingerprint density at radius 2 is 1.67 bits per heavy atom. The topological polar surface area (TPSA) is 63.3 Å². The molecule has 0 fully saturated rings. The monoisotopic (exact) mass is 245 g/mol. The number of carboxylic acids is 1. The fraction of sp³-hybridized carbons (Fsp3) is 0.0714. The molecule has 2 aromatic carbocycles. The van der Waals surface area contributed by atoms with E-state index in [4.69, 9.17) is 5.73 Å². The van der Waals surface area contributed by atoms with Crippen molar-refractivity contribution >= 4 is 5.97 Å². The Morgan fingerprint density at radius 3 is 2.22 bits per heavy atom. The Labute approximate surface area is 104 Å². The smallest absolute Gasteiger partial charge is 0.333 e. The molecule has 4 heteroatoms. The summed E-state index contributed by atoms with van der Waals surface area (Å²) < 4.78 is 13.2. The van der Waals surface area contributed by atoms with Crippen molar-refractivity contribution in [2.24, 2.45) is 5.73 Å². The lowest BCUT2D eigenvalue weighted by Gasteiger charge is -2.25. The van der Waals surface area contributed by atoms with Gasteiger partial charge in [0.1, 0.15) is 5.82 Å². The summed E-state index contributed by atoms with van der Waals surface area (Å²) in [4.78, 5) is 11.5. The molecular weight excluding hydrogens is 233 g/mol. The Bertz CT molecular complexity index is 571. The van der Waals surface area contributed by atoms with Crippen LogP contribution in [-0.4, -0.2) is 11.1 Å². The first-order valence-electron chi connectivity index (χ1n) is 5.39. The van der Waals surface area contributed by atoms with Gasteiger partial charge >= 0.3 is 5.97 Å². The number of rotatable bonds is 3. The lowest BCUT2D eigenvalue weighted by atomic mass is 9.84. The molecule has 0 spiro atoms. The summed E-state index contributed by atoms with van der Waals surface area (Å²) in [5.41, 5.74) is 4.85. The Balaban J connectivity index is 2.62. The van der Waals surface area contributed by atoms with Crippen LogP contribution in [0.1, 0.15) is 11.1 Å². The molecule has 0 bridgehead atoms. The molecule has 0 aromatic heterocycles. The largest absolute Gasteiger partial charge is 0.479 e. The third kappa shape index (κ3) is 1.98. The van der Waals surface area contributed by atoms with Crippen LogP contribution >= 0.6 is 0 Å². The standard InChI is InChI=1S/C14H12FNO2/c15-12-8-4-7-11(9-12)14(16,13(17)18)10-5-2-1-3-6-10/h1-9H,16H2,(H,17,18). The number of halogens is 1. The summed E-state index contributed by atoms with van der Waals surface area (Å²) >= 11 is 0. The zero-order valence-electron chi connectivity index (χ0n) is 9.51. The van der Waals surface area contributed by atoms with E-state index in [-0.39, 0.29) is 5.56 Å². The van der Waals surface area contributed by atoms with E-state index in [9.17, 15) is 14.3 Å². The van der Waals surface area contributed by atoms with Gasteiger partial charge in [-0.25, -0.2) is 9.18 Å². The summed E-state index contributed by atoms with van der Waals surface area (Å²) in [5, 5.41) is 9.38. The number of carboxylic acid groups (broad SMARTS) is 1. The zero-order valence-corrected chi connectivity index (χ0v) is 9.51. The van der Waals surface area contributed by atoms with Gasteiger partial charge in [0.25, 0.3) is 0 Å². The third-order valence-corrected chi connectivity index (χ3v) is 2.85. The van der Waals surface area contributed by atoms with Crippen LogP contribution in [0.4, 0.5) is 4.39 Å². The highest BCUT2D eigenvalue weighted by atomic mass is 19.1. The van der Waals surface area contributed by atoms with Gasteiger partial charge in [-0.15, -0.1) is 0 Å². The van der Waals surface area contributed by atoms with Crippen molar-refractivity contribution in [3.05, 3.63) is 71.5 Å². The van der Waals surface area contributed by atoms with Gasteiger partial charge in [-0.1, -0.05) is 42.5 Å². The fourth-order valence-corrected chi connectivity index (χ4v) is 1.85. The summed E-state index contributed by atoms with van der Waals surface area (Å²) in [6, 6.07) is 13.7. The first kappa shape index (κ1) is 12.3. The van der Waals surface area contributed by atoms with Crippen molar-refractivity contribution in [1.82, 2.24) is 0 Å². The predicted octanol–water partition coefficient (Wildman–Crippen LogP) is 2.11. The third-order valence-electron chi connectivity index (χ3n) is 2.85. The van der Waals surface area contributed by atoms with Gasteiger partial charge in [-0.3, -0.25) is 0 Å². The average Bonchev–Trinajstić information content (AvgIpc) is 2.38. The molecule has 92 valence electrons. The van der Waals surface area contributed by atoms with Crippen molar-refractivity contribution < 1.29 is 14.3 Å². The lowest BCUT2D eigenvalue weighted by Crippen LogP contribution is -2.46. The quantitative estimate of drug-likeness (QED) is 0.870. The van der Waals surface area contributed by atoms with Gasteiger partial charge < -0.3 is 10.8 Å². The minimum atomic E-state index is -1.75. The Morgan fingerprint density at radius 1 is 1.06 bits per heavy atom. The minimum Gasteiger partial charge on any atom is -0.479 e. The van der Waals surface area contributed by atoms with E-state index >= 15 is 0 Å². The van der Waals surface area contributed by atoms with E-state index < -0.39 is 17.3 Å². The van der Waals surface area contributed by atoms with Crippen molar-refractivity contribution in [3.8, 4) is 0 Å². The molecule has 1 unspecified atom stereocenters. The van der Waals surface area contributed by atoms with Crippen LogP contribution in [-0.2, 0) is 10.3 Å². The van der Waals surface area contributed by atoms with Gasteiger partial charge in [-0.05, 0) is 23.3 Å². The maximum absolute atomic E-state index is 13.2. The molecule has 0 saturated carbocycles. The number of aliphatic carboxylic acids is 1. The molecule has 0 radical (unpaired) electrons. The molecule has 0 aliphatic rings. The molecule has 3 N–H and O–H groups in total. The highest BCUT2D eigenvalue weighted by molar-refractivity contribution is 5.85. The van der Waals surface area contributed by atoms with Crippen LogP contribution in [0.5, 0.6) is 0 Å². The molecule has 2 aromatic rings. The number of benzene rings is 2. The summed E-state index contributed by atoms with van der Waals surface area (Å²) in [5.74, 6) is -1.74. The van der Waals surface area contributed by atoms with Crippen LogP contribution in [0.3, 0.4) is 0 Å². The van der Waals surface area contributed by atoms with Gasteiger partial charge in [-0.2, -0.15) is 0 Å². The maximum Gasteiger partial charge on any atom is 0.333 e. The van der Waals surface area contributed by atoms with Gasteiger partial charge in [0.15, 0.2) is 5.54 Å². The number of hydrogen-bond acceptors (Lipinski definition) is 2. The van der Waals surface area contributed by atoms with Crippen LogP contribution in [0.25, 0.3) is 0 Å². The molecule has 0 aliphatic carbocycles. The van der Waals surface area contributed by atoms with Crippen molar-refractivity contribution in [3.63, 3.8) is 0 Å². The summed E-state index contributed by atoms with van der Waals surface area (Å²) in [7, 11) is 0. The van der Waals surface area contributed by atoms with E-state index in [0.29, 0.717) is 5.56 Å². The Kier molecular flexibility index (Phi) is 3.12. The van der Waals surface area contributed by atoms with Gasteiger partial charge in [0.05, 0.1) is 0 Å². The second kappa shape index (κ2) is 4.58. The number of hydrogen-bond donors (Lipinski definition) is 2. The first-order valence-corrected chi connectivity index (χ1v) is 5.39. The zero-order chi connectivity index (χ0) is 13.2. The van der Waals surface area contributed by atoms with Crippen LogP contribution in [0.15, 0.2) is 54.6 Å². The SMILES string of the molecule is NC(C(=O)O)(c1ccccc1)c1cccc(F)c1. The first-order chi connectivity index (χ1) is 8.55. The van der Waals surface area contributed by atoms with Gasteiger partial charge in [0, 0.05) is 0 Å². The summed E-state index contributed by atoms with van der Waals surface area (Å²) in [6.45, 7) is 0.